The lowest BCUT2D eigenvalue weighted by atomic mass is 10.3. The van der Waals surface area contributed by atoms with Crippen molar-refractivity contribution in [2.45, 2.75) is 20.8 Å². The zero-order valence-electron chi connectivity index (χ0n) is 11.6. The smallest absolute Gasteiger partial charge is 0.243 e. The number of carbonyl (C=O) groups excluding carboxylic acids is 1. The van der Waals surface area contributed by atoms with Crippen molar-refractivity contribution in [1.29, 1.82) is 0 Å². The van der Waals surface area contributed by atoms with Gasteiger partial charge in [-0.1, -0.05) is 6.07 Å². The second-order valence-corrected chi connectivity index (χ2v) is 4.36. The molecular formula is C13H19N5O. The number of anilines is 1. The summed E-state index contributed by atoms with van der Waals surface area (Å²) in [7, 11) is 0. The number of hydrogen-bond donors (Lipinski definition) is 1. The molecule has 0 aliphatic heterocycles. The van der Waals surface area contributed by atoms with E-state index in [1.54, 1.807) is 9.42 Å². The van der Waals surface area contributed by atoms with Gasteiger partial charge in [0.1, 0.15) is 0 Å². The Morgan fingerprint density at radius 1 is 1.37 bits per heavy atom. The Labute approximate surface area is 112 Å². The Morgan fingerprint density at radius 3 is 2.79 bits per heavy atom. The van der Waals surface area contributed by atoms with Crippen LogP contribution in [0, 0.1) is 6.92 Å². The van der Waals surface area contributed by atoms with Gasteiger partial charge in [-0.2, -0.15) is 4.98 Å². The zero-order valence-corrected chi connectivity index (χ0v) is 11.6. The predicted octanol–water partition coefficient (Wildman–Crippen LogP) is 1.32. The number of aryl methyl sites for hydroxylation is 1. The summed E-state index contributed by atoms with van der Waals surface area (Å²) in [6, 6.07) is 3.88. The molecule has 0 unspecified atom stereocenters. The summed E-state index contributed by atoms with van der Waals surface area (Å²) in [5.41, 5.74) is 1.88. The van der Waals surface area contributed by atoms with E-state index in [1.165, 1.54) is 0 Å². The normalized spacial score (nSPS) is 10.7. The van der Waals surface area contributed by atoms with Gasteiger partial charge < -0.3 is 10.2 Å². The summed E-state index contributed by atoms with van der Waals surface area (Å²) < 4.78 is 1.71. The van der Waals surface area contributed by atoms with Crippen molar-refractivity contribution < 1.29 is 4.79 Å². The molecule has 0 aromatic carbocycles. The van der Waals surface area contributed by atoms with Gasteiger partial charge in [0.25, 0.3) is 0 Å². The summed E-state index contributed by atoms with van der Waals surface area (Å²) in [6.07, 6.45) is 1.90. The third-order valence-corrected chi connectivity index (χ3v) is 2.99. The van der Waals surface area contributed by atoms with Crippen molar-refractivity contribution in [3.05, 3.63) is 23.9 Å². The molecular weight excluding hydrogens is 242 g/mol. The molecule has 6 heteroatoms. The van der Waals surface area contributed by atoms with E-state index in [0.717, 1.165) is 24.3 Å². The van der Waals surface area contributed by atoms with E-state index in [1.807, 2.05) is 39.1 Å². The lowest BCUT2D eigenvalue weighted by Crippen LogP contribution is -2.35. The van der Waals surface area contributed by atoms with Gasteiger partial charge in [0, 0.05) is 19.3 Å². The van der Waals surface area contributed by atoms with Crippen LogP contribution in [0.25, 0.3) is 5.65 Å². The molecule has 0 spiro atoms. The second-order valence-electron chi connectivity index (χ2n) is 4.36. The van der Waals surface area contributed by atoms with E-state index in [2.05, 4.69) is 15.4 Å². The summed E-state index contributed by atoms with van der Waals surface area (Å²) in [5.74, 6) is 0.533. The molecule has 102 valence electrons. The molecule has 0 radical (unpaired) electrons. The molecule has 2 rings (SSSR count). The summed E-state index contributed by atoms with van der Waals surface area (Å²) in [6.45, 7) is 7.58. The minimum absolute atomic E-state index is 0.0556. The van der Waals surface area contributed by atoms with Crippen LogP contribution in [0.15, 0.2) is 18.3 Å². The van der Waals surface area contributed by atoms with Crippen LogP contribution in [-0.2, 0) is 4.79 Å². The highest BCUT2D eigenvalue weighted by atomic mass is 16.2. The Hall–Kier alpha value is -2.11. The molecule has 0 bridgehead atoms. The third-order valence-electron chi connectivity index (χ3n) is 2.99. The first-order chi connectivity index (χ1) is 9.13. The van der Waals surface area contributed by atoms with Crippen LogP contribution in [0.3, 0.4) is 0 Å². The van der Waals surface area contributed by atoms with Gasteiger partial charge >= 0.3 is 0 Å². The van der Waals surface area contributed by atoms with Gasteiger partial charge in [-0.15, -0.1) is 5.10 Å². The molecule has 6 nitrogen and oxygen atoms in total. The van der Waals surface area contributed by atoms with Crippen molar-refractivity contribution in [3.63, 3.8) is 0 Å². The van der Waals surface area contributed by atoms with Crippen molar-refractivity contribution in [2.75, 3.05) is 25.0 Å². The maximum absolute atomic E-state index is 11.8. The van der Waals surface area contributed by atoms with Crippen molar-refractivity contribution in [1.82, 2.24) is 19.5 Å². The Balaban J connectivity index is 2.03. The molecule has 0 saturated carbocycles. The summed E-state index contributed by atoms with van der Waals surface area (Å²) in [4.78, 5) is 17.9. The Kier molecular flexibility index (Phi) is 3.99. The number of likely N-dealkylation sites (N-methyl/N-ethyl adjacent to an activating group) is 1. The molecule has 1 amide bonds. The number of nitrogens with zero attached hydrogens (tertiary/aromatic N) is 4. The van der Waals surface area contributed by atoms with E-state index in [-0.39, 0.29) is 12.5 Å². The Morgan fingerprint density at radius 2 is 2.11 bits per heavy atom. The second kappa shape index (κ2) is 5.69. The largest absolute Gasteiger partial charge is 0.344 e. The molecule has 0 atom stereocenters. The van der Waals surface area contributed by atoms with Crippen LogP contribution < -0.4 is 5.32 Å². The van der Waals surface area contributed by atoms with Gasteiger partial charge in [0.15, 0.2) is 5.65 Å². The highest BCUT2D eigenvalue weighted by molar-refractivity contribution is 5.80. The molecule has 1 N–H and O–H groups in total. The van der Waals surface area contributed by atoms with Gasteiger partial charge in [-0.05, 0) is 32.4 Å². The highest BCUT2D eigenvalue weighted by Gasteiger charge is 2.10. The highest BCUT2D eigenvalue weighted by Crippen LogP contribution is 2.06. The molecule has 2 heterocycles. The lowest BCUT2D eigenvalue weighted by molar-refractivity contribution is -0.128. The fraction of sp³-hybridized carbons (Fsp3) is 0.462. The van der Waals surface area contributed by atoms with E-state index in [4.69, 9.17) is 0 Å². The number of amides is 1. The van der Waals surface area contributed by atoms with Gasteiger partial charge in [-0.3, -0.25) is 4.79 Å². The van der Waals surface area contributed by atoms with Crippen LogP contribution in [0.4, 0.5) is 5.95 Å². The van der Waals surface area contributed by atoms with Crippen molar-refractivity contribution in [3.8, 4) is 0 Å². The first-order valence-electron chi connectivity index (χ1n) is 6.48. The molecule has 0 fully saturated rings. The summed E-state index contributed by atoms with van der Waals surface area (Å²) >= 11 is 0. The maximum atomic E-state index is 11.8. The average Bonchev–Trinajstić information content (AvgIpc) is 2.79. The van der Waals surface area contributed by atoms with Crippen LogP contribution in [0.5, 0.6) is 0 Å². The number of hydrogen-bond acceptors (Lipinski definition) is 4. The SMILES string of the molecule is CCN(CC)C(=O)CNc1nc2ccc(C)cn2n1. The zero-order chi connectivity index (χ0) is 13.8. The number of rotatable bonds is 5. The molecule has 0 saturated heterocycles. The topological polar surface area (TPSA) is 62.5 Å². The van der Waals surface area contributed by atoms with E-state index in [0.29, 0.717) is 5.95 Å². The number of fused-ring (bicyclic) bond motifs is 1. The van der Waals surface area contributed by atoms with E-state index >= 15 is 0 Å². The monoisotopic (exact) mass is 261 g/mol. The molecule has 2 aromatic heterocycles. The van der Waals surface area contributed by atoms with Crippen LogP contribution in [-0.4, -0.2) is 45.0 Å². The molecule has 0 aliphatic carbocycles. The minimum Gasteiger partial charge on any atom is -0.344 e. The van der Waals surface area contributed by atoms with Crippen LogP contribution in [0.2, 0.25) is 0 Å². The minimum atomic E-state index is 0.0556. The first-order valence-corrected chi connectivity index (χ1v) is 6.48. The maximum Gasteiger partial charge on any atom is 0.243 e. The quantitative estimate of drug-likeness (QED) is 0.881. The number of carbonyl (C=O) groups is 1. The third kappa shape index (κ3) is 3.01. The summed E-state index contributed by atoms with van der Waals surface area (Å²) in [5, 5.41) is 7.25. The van der Waals surface area contributed by atoms with E-state index in [9.17, 15) is 4.79 Å². The fourth-order valence-corrected chi connectivity index (χ4v) is 1.90. The average molecular weight is 261 g/mol. The Bertz CT molecular complexity index is 573. The lowest BCUT2D eigenvalue weighted by Gasteiger charge is -2.18. The fourth-order valence-electron chi connectivity index (χ4n) is 1.90. The number of nitrogens with one attached hydrogen (secondary N) is 1. The predicted molar refractivity (Wildman–Crippen MR) is 74.1 cm³/mol. The molecule has 0 aliphatic rings. The number of aromatic nitrogens is 3. The van der Waals surface area contributed by atoms with Crippen LogP contribution >= 0.6 is 0 Å². The van der Waals surface area contributed by atoms with Gasteiger partial charge in [0.05, 0.1) is 6.54 Å². The standard InChI is InChI=1S/C13H19N5O/c1-4-17(5-2)12(19)8-14-13-15-11-7-6-10(3)9-18(11)16-13/h6-7,9H,4-5,8H2,1-3H3,(H,14,16). The van der Waals surface area contributed by atoms with Gasteiger partial charge in [0.2, 0.25) is 11.9 Å². The van der Waals surface area contributed by atoms with Crippen LogP contribution in [0.1, 0.15) is 19.4 Å². The molecule has 19 heavy (non-hydrogen) atoms. The van der Waals surface area contributed by atoms with Crippen molar-refractivity contribution in [2.24, 2.45) is 0 Å². The molecule has 2 aromatic rings. The number of pyridine rings is 1. The van der Waals surface area contributed by atoms with E-state index < -0.39 is 0 Å². The first kappa shape index (κ1) is 13.3. The van der Waals surface area contributed by atoms with Gasteiger partial charge in [-0.25, -0.2) is 4.52 Å². The van der Waals surface area contributed by atoms with Crippen molar-refractivity contribution >= 4 is 17.5 Å².